The zero-order valence-electron chi connectivity index (χ0n) is 13.5. The number of hydrogen-bond acceptors (Lipinski definition) is 5. The third-order valence-electron chi connectivity index (χ3n) is 4.26. The van der Waals surface area contributed by atoms with E-state index >= 15 is 0 Å². The van der Waals surface area contributed by atoms with Gasteiger partial charge in [-0.2, -0.15) is 0 Å². The van der Waals surface area contributed by atoms with Crippen LogP contribution in [0.15, 0.2) is 18.3 Å². The van der Waals surface area contributed by atoms with Crippen molar-refractivity contribution >= 4 is 51.7 Å². The number of fused-ring (bicyclic) bond motifs is 1. The summed E-state index contributed by atoms with van der Waals surface area (Å²) >= 11 is 12.8. The van der Waals surface area contributed by atoms with Crippen LogP contribution < -0.4 is 4.90 Å². The quantitative estimate of drug-likeness (QED) is 0.813. The minimum Gasteiger partial charge on any atom is -0.481 e. The van der Waals surface area contributed by atoms with E-state index in [0.29, 0.717) is 41.1 Å². The van der Waals surface area contributed by atoms with Crippen LogP contribution in [0.4, 0.5) is 5.69 Å². The molecule has 0 spiro atoms. The van der Waals surface area contributed by atoms with E-state index < -0.39 is 17.9 Å². The minimum atomic E-state index is -0.806. The number of halogens is 2. The maximum Gasteiger partial charge on any atom is 0.341 e. The highest BCUT2D eigenvalue weighted by molar-refractivity contribution is 6.42. The minimum absolute atomic E-state index is 0.187. The molecule has 132 valence electrons. The van der Waals surface area contributed by atoms with Gasteiger partial charge in [-0.05, 0) is 25.5 Å². The summed E-state index contributed by atoms with van der Waals surface area (Å²) in [7, 11) is 0. The van der Waals surface area contributed by atoms with Crippen LogP contribution in [0.1, 0.15) is 23.7 Å². The molecule has 8 heteroatoms. The van der Waals surface area contributed by atoms with Gasteiger partial charge in [-0.25, -0.2) is 4.79 Å². The van der Waals surface area contributed by atoms with Crippen LogP contribution in [0.5, 0.6) is 0 Å². The Bertz CT molecular complexity index is 856. The number of pyridine rings is 1. The van der Waals surface area contributed by atoms with Gasteiger partial charge in [0.2, 0.25) is 0 Å². The number of nitrogens with zero attached hydrogens (tertiary/aromatic N) is 2. The summed E-state index contributed by atoms with van der Waals surface area (Å²) in [5.74, 6) is -1.75. The van der Waals surface area contributed by atoms with E-state index in [2.05, 4.69) is 4.98 Å². The Morgan fingerprint density at radius 3 is 2.76 bits per heavy atom. The summed E-state index contributed by atoms with van der Waals surface area (Å²) in [6.45, 7) is 2.96. The Hall–Kier alpha value is -2.05. The standard InChI is InChI=1S/C17H16Cl2N2O4/c1-2-25-17(24)11-7-20-15-10(13(11)18)3-4-12(14(15)19)21-6-5-9(8-21)16(22)23/h3-4,7,9H,2,5-6,8H2,1H3,(H,22,23). The van der Waals surface area contributed by atoms with Crippen molar-refractivity contribution in [1.29, 1.82) is 0 Å². The normalized spacial score (nSPS) is 17.1. The molecule has 1 fully saturated rings. The number of carbonyl (C=O) groups is 2. The molecular formula is C17H16Cl2N2O4. The van der Waals surface area contributed by atoms with Crippen LogP contribution in [-0.4, -0.2) is 41.7 Å². The van der Waals surface area contributed by atoms with Crippen molar-refractivity contribution < 1.29 is 19.4 Å². The van der Waals surface area contributed by atoms with Gasteiger partial charge in [-0.1, -0.05) is 23.2 Å². The number of carbonyl (C=O) groups excluding carboxylic acids is 1. The SMILES string of the molecule is CCOC(=O)c1cnc2c(Cl)c(N3CCC(C(=O)O)C3)ccc2c1Cl. The summed E-state index contributed by atoms with van der Waals surface area (Å²) in [6.07, 6.45) is 1.92. The van der Waals surface area contributed by atoms with Crippen molar-refractivity contribution in [3.05, 3.63) is 33.9 Å². The number of anilines is 1. The molecule has 1 saturated heterocycles. The van der Waals surface area contributed by atoms with E-state index in [1.807, 2.05) is 4.90 Å². The predicted molar refractivity (Wildman–Crippen MR) is 95.7 cm³/mol. The van der Waals surface area contributed by atoms with Crippen molar-refractivity contribution in [3.63, 3.8) is 0 Å². The second-order valence-corrected chi connectivity index (χ2v) is 6.53. The fraction of sp³-hybridized carbons (Fsp3) is 0.353. The smallest absolute Gasteiger partial charge is 0.341 e. The van der Waals surface area contributed by atoms with E-state index in [0.717, 1.165) is 0 Å². The van der Waals surface area contributed by atoms with E-state index in [-0.39, 0.29) is 17.2 Å². The molecule has 1 unspecified atom stereocenters. The Morgan fingerprint density at radius 2 is 2.12 bits per heavy atom. The monoisotopic (exact) mass is 382 g/mol. The molecule has 25 heavy (non-hydrogen) atoms. The Kier molecular flexibility index (Phi) is 5.01. The number of esters is 1. The summed E-state index contributed by atoms with van der Waals surface area (Å²) < 4.78 is 4.97. The van der Waals surface area contributed by atoms with Gasteiger partial charge in [0.25, 0.3) is 0 Å². The van der Waals surface area contributed by atoms with Gasteiger partial charge in [0.15, 0.2) is 0 Å². The molecule has 0 bridgehead atoms. The van der Waals surface area contributed by atoms with Crippen molar-refractivity contribution in [1.82, 2.24) is 4.98 Å². The lowest BCUT2D eigenvalue weighted by atomic mass is 10.1. The first-order valence-corrected chi connectivity index (χ1v) is 8.61. The number of ether oxygens (including phenoxy) is 1. The van der Waals surface area contributed by atoms with Crippen LogP contribution in [0.2, 0.25) is 10.0 Å². The molecule has 1 aliphatic rings. The lowest BCUT2D eigenvalue weighted by Gasteiger charge is -2.20. The fourth-order valence-electron chi connectivity index (χ4n) is 2.96. The Morgan fingerprint density at radius 1 is 1.36 bits per heavy atom. The van der Waals surface area contributed by atoms with E-state index in [9.17, 15) is 9.59 Å². The zero-order chi connectivity index (χ0) is 18.1. The van der Waals surface area contributed by atoms with Gasteiger partial charge in [0.05, 0.1) is 39.3 Å². The molecule has 1 aliphatic heterocycles. The second-order valence-electron chi connectivity index (χ2n) is 5.77. The highest BCUT2D eigenvalue weighted by atomic mass is 35.5. The highest BCUT2D eigenvalue weighted by Gasteiger charge is 2.29. The van der Waals surface area contributed by atoms with Gasteiger partial charge in [0.1, 0.15) is 0 Å². The molecule has 1 aromatic carbocycles. The molecule has 0 radical (unpaired) electrons. The average molecular weight is 383 g/mol. The van der Waals surface area contributed by atoms with Crippen LogP contribution in [-0.2, 0) is 9.53 Å². The molecule has 1 aromatic heterocycles. The first-order valence-electron chi connectivity index (χ1n) is 7.85. The number of rotatable bonds is 4. The molecular weight excluding hydrogens is 367 g/mol. The molecule has 3 rings (SSSR count). The maximum absolute atomic E-state index is 11.9. The van der Waals surface area contributed by atoms with E-state index in [1.165, 1.54) is 6.20 Å². The molecule has 1 N–H and O–H groups in total. The molecule has 0 aliphatic carbocycles. The predicted octanol–water partition coefficient (Wildman–Crippen LogP) is 3.63. The average Bonchev–Trinajstić information content (AvgIpc) is 3.06. The zero-order valence-corrected chi connectivity index (χ0v) is 15.0. The first-order chi connectivity index (χ1) is 11.9. The summed E-state index contributed by atoms with van der Waals surface area (Å²) in [5.41, 5.74) is 1.37. The number of benzene rings is 1. The lowest BCUT2D eigenvalue weighted by molar-refractivity contribution is -0.140. The summed E-state index contributed by atoms with van der Waals surface area (Å²) in [6, 6.07) is 3.51. The summed E-state index contributed by atoms with van der Waals surface area (Å²) in [4.78, 5) is 29.3. The number of carboxylic acid groups (broad SMARTS) is 1. The van der Waals surface area contributed by atoms with Gasteiger partial charge >= 0.3 is 11.9 Å². The Balaban J connectivity index is 2.00. The van der Waals surface area contributed by atoms with Gasteiger partial charge in [-0.3, -0.25) is 9.78 Å². The second kappa shape index (κ2) is 7.06. The van der Waals surface area contributed by atoms with Gasteiger partial charge in [0, 0.05) is 24.7 Å². The van der Waals surface area contributed by atoms with Crippen LogP contribution in [0.3, 0.4) is 0 Å². The van der Waals surface area contributed by atoms with Crippen molar-refractivity contribution in [2.24, 2.45) is 5.92 Å². The van der Waals surface area contributed by atoms with E-state index in [4.69, 9.17) is 33.0 Å². The summed E-state index contributed by atoms with van der Waals surface area (Å²) in [5, 5.41) is 10.3. The highest BCUT2D eigenvalue weighted by Crippen LogP contribution is 2.38. The van der Waals surface area contributed by atoms with Gasteiger partial charge < -0.3 is 14.7 Å². The molecule has 1 atom stereocenters. The molecule has 6 nitrogen and oxygen atoms in total. The van der Waals surface area contributed by atoms with Crippen molar-refractivity contribution in [2.45, 2.75) is 13.3 Å². The van der Waals surface area contributed by atoms with Gasteiger partial charge in [-0.15, -0.1) is 0 Å². The molecule has 2 aromatic rings. The van der Waals surface area contributed by atoms with Crippen molar-refractivity contribution in [2.75, 3.05) is 24.6 Å². The lowest BCUT2D eigenvalue weighted by Crippen LogP contribution is -2.22. The van der Waals surface area contributed by atoms with Crippen molar-refractivity contribution in [3.8, 4) is 0 Å². The number of aromatic nitrogens is 1. The largest absolute Gasteiger partial charge is 0.481 e. The van der Waals surface area contributed by atoms with Crippen LogP contribution >= 0.6 is 23.2 Å². The number of hydrogen-bond donors (Lipinski definition) is 1. The third kappa shape index (κ3) is 3.24. The molecule has 0 amide bonds. The van der Waals surface area contributed by atoms with E-state index in [1.54, 1.807) is 19.1 Å². The number of aliphatic carboxylic acids is 1. The Labute approximate surface area is 154 Å². The molecule has 2 heterocycles. The number of carboxylic acids is 1. The fourth-order valence-corrected chi connectivity index (χ4v) is 3.58. The first kappa shape index (κ1) is 17.8. The third-order valence-corrected chi connectivity index (χ3v) is 5.04. The maximum atomic E-state index is 11.9. The van der Waals surface area contributed by atoms with Crippen LogP contribution in [0.25, 0.3) is 10.9 Å². The topological polar surface area (TPSA) is 79.7 Å². The van der Waals surface area contributed by atoms with Crippen LogP contribution in [0, 0.1) is 5.92 Å². The molecule has 0 saturated carbocycles.